The topological polar surface area (TPSA) is 94.9 Å². The number of nitrogens with zero attached hydrogens (tertiary/aromatic N) is 2. The number of carbonyl (C=O) groups excluding carboxylic acids is 3. The van der Waals surface area contributed by atoms with Crippen LogP contribution >= 0.6 is 11.3 Å². The van der Waals surface area contributed by atoms with Gasteiger partial charge in [-0.1, -0.05) is 48.5 Å². The Morgan fingerprint density at radius 1 is 1.00 bits per heavy atom. The van der Waals surface area contributed by atoms with E-state index < -0.39 is 5.56 Å². The molecule has 0 saturated carbocycles. The summed E-state index contributed by atoms with van der Waals surface area (Å²) in [6.45, 7) is 0.271. The number of thiophene rings is 1. The predicted octanol–water partition coefficient (Wildman–Crippen LogP) is 4.18. The molecule has 0 fully saturated rings. The van der Waals surface area contributed by atoms with E-state index in [0.29, 0.717) is 40.0 Å². The molecule has 2 heterocycles. The number of benzene rings is 2. The molecule has 192 valence electrons. The summed E-state index contributed by atoms with van der Waals surface area (Å²) >= 11 is 1.20. The van der Waals surface area contributed by atoms with Crippen LogP contribution in [0.25, 0.3) is 21.0 Å². The first-order chi connectivity index (χ1) is 17.9. The molecule has 0 unspecified atom stereocenters. The second-order valence-corrected chi connectivity index (χ2v) is 9.69. The fraction of sp³-hybridized carbons (Fsp3) is 0.286. The molecule has 4 aromatic rings. The van der Waals surface area contributed by atoms with Gasteiger partial charge in [-0.25, -0.2) is 0 Å². The second-order valence-electron chi connectivity index (χ2n) is 8.67. The van der Waals surface area contributed by atoms with Crippen LogP contribution in [0.1, 0.15) is 32.9 Å². The molecule has 0 saturated heterocycles. The highest BCUT2D eigenvalue weighted by atomic mass is 32.1. The lowest BCUT2D eigenvalue weighted by Crippen LogP contribution is -2.28. The van der Waals surface area contributed by atoms with Crippen molar-refractivity contribution in [3.63, 3.8) is 0 Å². The van der Waals surface area contributed by atoms with E-state index >= 15 is 0 Å². The van der Waals surface area contributed by atoms with E-state index in [-0.39, 0.29) is 41.8 Å². The Bertz CT molecular complexity index is 1520. The number of hydrogen-bond donors (Lipinski definition) is 0. The summed E-state index contributed by atoms with van der Waals surface area (Å²) in [4.78, 5) is 53.7. The Morgan fingerprint density at radius 3 is 2.41 bits per heavy atom. The molecule has 0 aliphatic rings. The molecule has 8 nitrogen and oxygen atoms in total. The van der Waals surface area contributed by atoms with Crippen molar-refractivity contribution >= 4 is 49.8 Å². The van der Waals surface area contributed by atoms with Crippen LogP contribution in [0.5, 0.6) is 5.75 Å². The molecule has 2 aromatic carbocycles. The van der Waals surface area contributed by atoms with E-state index in [1.54, 1.807) is 37.4 Å². The third-order valence-corrected chi connectivity index (χ3v) is 7.35. The zero-order chi connectivity index (χ0) is 26.5. The van der Waals surface area contributed by atoms with Crippen LogP contribution in [-0.4, -0.2) is 61.4 Å². The molecule has 4 rings (SSSR count). The van der Waals surface area contributed by atoms with Crippen molar-refractivity contribution in [3.8, 4) is 5.75 Å². The van der Waals surface area contributed by atoms with Gasteiger partial charge < -0.3 is 14.4 Å². The highest BCUT2D eigenvalue weighted by molar-refractivity contribution is 7.22. The molecular formula is C28H28N2O6S. The Kier molecular flexibility index (Phi) is 8.15. The molecule has 9 heteroatoms. The predicted molar refractivity (Wildman–Crippen MR) is 144 cm³/mol. The molecule has 2 aromatic heterocycles. The minimum atomic E-state index is -0.391. The molecule has 0 aliphatic heterocycles. The number of para-hydroxylation sites is 1. The average Bonchev–Trinajstić information content (AvgIpc) is 3.31. The zero-order valence-corrected chi connectivity index (χ0v) is 21.8. The minimum absolute atomic E-state index is 0.0279. The number of amides is 1. The summed E-state index contributed by atoms with van der Waals surface area (Å²) in [5, 5.41) is 1.03. The molecule has 0 spiro atoms. The molecule has 1 amide bonds. The quantitative estimate of drug-likeness (QED) is 0.276. The van der Waals surface area contributed by atoms with Crippen molar-refractivity contribution in [2.75, 3.05) is 34.4 Å². The molecule has 0 bridgehead atoms. The number of ketones is 2. The summed E-state index contributed by atoms with van der Waals surface area (Å²) in [7, 11) is 4.55. The first kappa shape index (κ1) is 26.2. The van der Waals surface area contributed by atoms with Gasteiger partial charge in [0.2, 0.25) is 0 Å². The van der Waals surface area contributed by atoms with Crippen LogP contribution in [0.15, 0.2) is 59.4 Å². The monoisotopic (exact) mass is 520 g/mol. The molecule has 0 atom stereocenters. The third-order valence-electron chi connectivity index (χ3n) is 6.16. The van der Waals surface area contributed by atoms with Gasteiger partial charge in [0.05, 0.1) is 23.9 Å². The number of hydrogen-bond acceptors (Lipinski definition) is 7. The summed E-state index contributed by atoms with van der Waals surface area (Å²) < 4.78 is 12.5. The number of carbonyl (C=O) groups is 3. The number of pyridine rings is 1. The Hall–Kier alpha value is -3.82. The van der Waals surface area contributed by atoms with Gasteiger partial charge in [0.15, 0.2) is 17.3 Å². The van der Waals surface area contributed by atoms with Gasteiger partial charge in [-0.3, -0.25) is 23.7 Å². The van der Waals surface area contributed by atoms with Crippen molar-refractivity contribution in [2.24, 2.45) is 0 Å². The van der Waals surface area contributed by atoms with Crippen LogP contribution in [-0.2, 0) is 16.1 Å². The Morgan fingerprint density at radius 2 is 1.70 bits per heavy atom. The maximum atomic E-state index is 13.8. The SMILES string of the molecule is COCC(=O)CCCN(C)C(=O)c1sc2c(c1OC)c(=O)n(CC(=O)c1ccccc1)c1ccccc21. The van der Waals surface area contributed by atoms with Gasteiger partial charge in [0, 0.05) is 38.1 Å². The van der Waals surface area contributed by atoms with E-state index in [0.717, 1.165) is 5.39 Å². The number of ether oxygens (including phenoxy) is 2. The van der Waals surface area contributed by atoms with Gasteiger partial charge in [0.1, 0.15) is 16.9 Å². The maximum Gasteiger partial charge on any atom is 0.267 e. The number of rotatable bonds is 11. The van der Waals surface area contributed by atoms with E-state index in [4.69, 9.17) is 9.47 Å². The standard InChI is InChI=1S/C28H28N2O6S/c1-29(15-9-12-19(31)17-35-2)28(34)26-24(36-3)23-25(37-26)20-13-7-8-14-21(20)30(27(23)33)16-22(32)18-10-5-4-6-11-18/h4-8,10-11,13-14H,9,12,15-17H2,1-3H3. The number of Topliss-reactive ketones (excluding diaryl/α,β-unsaturated/α-hetero) is 2. The van der Waals surface area contributed by atoms with Gasteiger partial charge in [-0.05, 0) is 12.5 Å². The number of aromatic nitrogens is 1. The van der Waals surface area contributed by atoms with Crippen LogP contribution in [0.3, 0.4) is 0 Å². The first-order valence-electron chi connectivity index (χ1n) is 11.8. The lowest BCUT2D eigenvalue weighted by atomic mass is 10.1. The number of methoxy groups -OCH3 is 2. The summed E-state index contributed by atoms with van der Waals surface area (Å²) in [5.74, 6) is -0.322. The second kappa shape index (κ2) is 11.5. The highest BCUT2D eigenvalue weighted by Crippen LogP contribution is 2.40. The average molecular weight is 521 g/mol. The fourth-order valence-electron chi connectivity index (χ4n) is 4.32. The van der Waals surface area contributed by atoms with Gasteiger partial charge in [0.25, 0.3) is 11.5 Å². The number of fused-ring (bicyclic) bond motifs is 3. The summed E-state index contributed by atoms with van der Waals surface area (Å²) in [6, 6.07) is 16.2. The molecule has 37 heavy (non-hydrogen) atoms. The largest absolute Gasteiger partial charge is 0.494 e. The summed E-state index contributed by atoms with van der Waals surface area (Å²) in [5.41, 5.74) is 0.729. The van der Waals surface area contributed by atoms with Crippen molar-refractivity contribution in [1.82, 2.24) is 9.47 Å². The van der Waals surface area contributed by atoms with Crippen LogP contribution < -0.4 is 10.3 Å². The Balaban J connectivity index is 1.75. The summed E-state index contributed by atoms with van der Waals surface area (Å²) in [6.07, 6.45) is 0.800. The van der Waals surface area contributed by atoms with Crippen molar-refractivity contribution < 1.29 is 23.9 Å². The van der Waals surface area contributed by atoms with Gasteiger partial charge in [-0.15, -0.1) is 11.3 Å². The van der Waals surface area contributed by atoms with E-state index in [9.17, 15) is 19.2 Å². The smallest absolute Gasteiger partial charge is 0.267 e. The molecular weight excluding hydrogens is 492 g/mol. The molecule has 0 N–H and O–H groups in total. The van der Waals surface area contributed by atoms with Gasteiger partial charge in [-0.2, -0.15) is 0 Å². The highest BCUT2D eigenvalue weighted by Gasteiger charge is 2.27. The Labute approximate surface area is 218 Å². The van der Waals surface area contributed by atoms with Crippen molar-refractivity contribution in [2.45, 2.75) is 19.4 Å². The fourth-order valence-corrected chi connectivity index (χ4v) is 5.61. The lowest BCUT2D eigenvalue weighted by Gasteiger charge is -2.16. The van der Waals surface area contributed by atoms with Crippen molar-refractivity contribution in [1.29, 1.82) is 0 Å². The minimum Gasteiger partial charge on any atom is -0.494 e. The molecule has 0 aliphatic carbocycles. The third kappa shape index (κ3) is 5.33. The van der Waals surface area contributed by atoms with Crippen molar-refractivity contribution in [3.05, 3.63) is 75.4 Å². The van der Waals surface area contributed by atoms with Crippen LogP contribution in [0.2, 0.25) is 0 Å². The van der Waals surface area contributed by atoms with E-state index in [1.165, 1.54) is 35.0 Å². The van der Waals surface area contributed by atoms with Gasteiger partial charge >= 0.3 is 0 Å². The van der Waals surface area contributed by atoms with Crippen LogP contribution in [0.4, 0.5) is 0 Å². The normalized spacial score (nSPS) is 11.1. The van der Waals surface area contributed by atoms with E-state index in [2.05, 4.69) is 0 Å². The lowest BCUT2D eigenvalue weighted by molar-refractivity contribution is -0.122. The van der Waals surface area contributed by atoms with Crippen LogP contribution in [0, 0.1) is 0 Å². The maximum absolute atomic E-state index is 13.8. The van der Waals surface area contributed by atoms with E-state index in [1.807, 2.05) is 24.3 Å². The zero-order valence-electron chi connectivity index (χ0n) is 21.0. The molecule has 0 radical (unpaired) electrons. The first-order valence-corrected chi connectivity index (χ1v) is 12.6.